The predicted octanol–water partition coefficient (Wildman–Crippen LogP) is 2.10. The van der Waals surface area contributed by atoms with E-state index in [2.05, 4.69) is 6.58 Å². The maximum Gasteiger partial charge on any atom is 0.255 e. The van der Waals surface area contributed by atoms with Crippen molar-refractivity contribution >= 4 is 17.5 Å². The Hall–Kier alpha value is -1.39. The van der Waals surface area contributed by atoms with Gasteiger partial charge in [0.15, 0.2) is 0 Å². The molecule has 0 saturated heterocycles. The average Bonchev–Trinajstić information content (AvgIpc) is 2.31. The van der Waals surface area contributed by atoms with E-state index in [0.29, 0.717) is 0 Å². The number of hydrogen-bond donors (Lipinski definition) is 1. The first kappa shape index (κ1) is 13.7. The van der Waals surface area contributed by atoms with Crippen molar-refractivity contribution in [2.75, 3.05) is 19.7 Å². The molecule has 0 aliphatic carbocycles. The number of carbonyl (C=O) groups is 1. The minimum atomic E-state index is -0.639. The van der Waals surface area contributed by atoms with Crippen LogP contribution in [0.1, 0.15) is 10.4 Å². The molecule has 0 heterocycles. The Morgan fingerprint density at radius 2 is 2.29 bits per heavy atom. The van der Waals surface area contributed by atoms with Gasteiger partial charge in [0, 0.05) is 13.1 Å². The lowest BCUT2D eigenvalue weighted by Crippen LogP contribution is -2.33. The second-order valence-corrected chi connectivity index (χ2v) is 3.74. The molecule has 1 aromatic rings. The van der Waals surface area contributed by atoms with E-state index in [-0.39, 0.29) is 30.3 Å². The summed E-state index contributed by atoms with van der Waals surface area (Å²) in [5, 5.41) is 8.64. The van der Waals surface area contributed by atoms with Crippen LogP contribution in [0.5, 0.6) is 0 Å². The van der Waals surface area contributed by atoms with Gasteiger partial charge in [-0.25, -0.2) is 4.39 Å². The molecule has 0 fully saturated rings. The van der Waals surface area contributed by atoms with Crippen LogP contribution in [-0.4, -0.2) is 35.6 Å². The third-order valence-electron chi connectivity index (χ3n) is 2.19. The van der Waals surface area contributed by atoms with Crippen molar-refractivity contribution in [3.63, 3.8) is 0 Å². The quantitative estimate of drug-likeness (QED) is 0.821. The summed E-state index contributed by atoms with van der Waals surface area (Å²) < 4.78 is 13.2. The summed E-state index contributed by atoms with van der Waals surface area (Å²) in [5.74, 6) is -1.07. The van der Waals surface area contributed by atoms with E-state index in [1.807, 2.05) is 0 Å². The molecular formula is C12H13ClFNO2. The van der Waals surface area contributed by atoms with Gasteiger partial charge in [-0.2, -0.15) is 0 Å². The molecule has 0 saturated carbocycles. The molecule has 0 aliphatic heterocycles. The molecule has 3 nitrogen and oxygen atoms in total. The molecule has 1 N–H and O–H groups in total. The third-order valence-corrected chi connectivity index (χ3v) is 2.57. The number of aliphatic hydroxyl groups is 1. The van der Waals surface area contributed by atoms with Gasteiger partial charge in [0.25, 0.3) is 5.91 Å². The number of carbonyl (C=O) groups excluding carboxylic acids is 1. The van der Waals surface area contributed by atoms with Crippen molar-refractivity contribution in [3.05, 3.63) is 47.3 Å². The van der Waals surface area contributed by atoms with Crippen molar-refractivity contribution in [1.29, 1.82) is 0 Å². The van der Waals surface area contributed by atoms with Crippen LogP contribution in [0, 0.1) is 5.82 Å². The Kier molecular flexibility index (Phi) is 5.12. The zero-order chi connectivity index (χ0) is 12.8. The van der Waals surface area contributed by atoms with Gasteiger partial charge in [-0.3, -0.25) is 4.79 Å². The smallest absolute Gasteiger partial charge is 0.255 e. The Labute approximate surface area is 104 Å². The Morgan fingerprint density at radius 3 is 2.88 bits per heavy atom. The standard InChI is InChI=1S/C12H13ClFNO2/c1-2-6-15(7-8-16)12(17)9-4-3-5-10(14)11(9)13/h2-5,16H,1,6-8H2. The molecular weight excluding hydrogens is 245 g/mol. The SMILES string of the molecule is C=CCN(CCO)C(=O)c1cccc(F)c1Cl. The molecule has 92 valence electrons. The second kappa shape index (κ2) is 6.37. The summed E-state index contributed by atoms with van der Waals surface area (Å²) in [6, 6.07) is 4.05. The summed E-state index contributed by atoms with van der Waals surface area (Å²) >= 11 is 5.72. The van der Waals surface area contributed by atoms with Crippen LogP contribution in [-0.2, 0) is 0 Å². The summed E-state index contributed by atoms with van der Waals surface area (Å²) in [4.78, 5) is 13.4. The number of halogens is 2. The lowest BCUT2D eigenvalue weighted by atomic mass is 10.2. The number of amides is 1. The van der Waals surface area contributed by atoms with E-state index in [9.17, 15) is 9.18 Å². The summed E-state index contributed by atoms with van der Waals surface area (Å²) in [5.41, 5.74) is 0.0852. The fraction of sp³-hybridized carbons (Fsp3) is 0.250. The highest BCUT2D eigenvalue weighted by molar-refractivity contribution is 6.34. The third kappa shape index (κ3) is 3.28. The Morgan fingerprint density at radius 1 is 1.59 bits per heavy atom. The maximum atomic E-state index is 13.2. The van der Waals surface area contributed by atoms with Gasteiger partial charge in [0.1, 0.15) is 5.82 Å². The molecule has 5 heteroatoms. The highest BCUT2D eigenvalue weighted by Crippen LogP contribution is 2.21. The van der Waals surface area contributed by atoms with E-state index < -0.39 is 11.7 Å². The predicted molar refractivity (Wildman–Crippen MR) is 64.6 cm³/mol. The summed E-state index contributed by atoms with van der Waals surface area (Å²) in [7, 11) is 0. The van der Waals surface area contributed by atoms with Gasteiger partial charge < -0.3 is 10.0 Å². The van der Waals surface area contributed by atoms with Crippen LogP contribution in [0.2, 0.25) is 5.02 Å². The highest BCUT2D eigenvalue weighted by atomic mass is 35.5. The number of rotatable bonds is 5. The van der Waals surface area contributed by atoms with E-state index in [0.717, 1.165) is 0 Å². The second-order valence-electron chi connectivity index (χ2n) is 3.36. The molecule has 0 radical (unpaired) electrons. The average molecular weight is 258 g/mol. The zero-order valence-corrected chi connectivity index (χ0v) is 9.95. The molecule has 0 atom stereocenters. The molecule has 0 aliphatic rings. The fourth-order valence-electron chi connectivity index (χ4n) is 1.39. The van der Waals surface area contributed by atoms with Crippen molar-refractivity contribution < 1.29 is 14.3 Å². The first-order valence-electron chi connectivity index (χ1n) is 5.06. The van der Waals surface area contributed by atoms with Crippen LogP contribution < -0.4 is 0 Å². The van der Waals surface area contributed by atoms with Crippen LogP contribution in [0.3, 0.4) is 0 Å². The maximum absolute atomic E-state index is 13.2. The van der Waals surface area contributed by atoms with Crippen molar-refractivity contribution in [3.8, 4) is 0 Å². The summed E-state index contributed by atoms with van der Waals surface area (Å²) in [6.07, 6.45) is 1.53. The number of aliphatic hydroxyl groups excluding tert-OH is 1. The van der Waals surface area contributed by atoms with E-state index in [1.165, 1.54) is 29.2 Å². The molecule has 0 unspecified atom stereocenters. The molecule has 0 bridgehead atoms. The number of nitrogens with zero attached hydrogens (tertiary/aromatic N) is 1. The van der Waals surface area contributed by atoms with E-state index in [1.54, 1.807) is 0 Å². The molecule has 0 spiro atoms. The lowest BCUT2D eigenvalue weighted by molar-refractivity contribution is 0.0742. The van der Waals surface area contributed by atoms with Gasteiger partial charge in [-0.05, 0) is 12.1 Å². The minimum absolute atomic E-state index is 0.0852. The van der Waals surface area contributed by atoms with Crippen molar-refractivity contribution in [2.24, 2.45) is 0 Å². The summed E-state index contributed by atoms with van der Waals surface area (Å²) in [6.45, 7) is 3.76. The monoisotopic (exact) mass is 257 g/mol. The molecule has 17 heavy (non-hydrogen) atoms. The highest BCUT2D eigenvalue weighted by Gasteiger charge is 2.18. The fourth-order valence-corrected chi connectivity index (χ4v) is 1.60. The van der Waals surface area contributed by atoms with Gasteiger partial charge in [-0.1, -0.05) is 23.7 Å². The van der Waals surface area contributed by atoms with Gasteiger partial charge in [0.2, 0.25) is 0 Å². The van der Waals surface area contributed by atoms with Crippen molar-refractivity contribution in [2.45, 2.75) is 0 Å². The van der Waals surface area contributed by atoms with Crippen LogP contribution >= 0.6 is 11.6 Å². The van der Waals surface area contributed by atoms with E-state index in [4.69, 9.17) is 16.7 Å². The first-order chi connectivity index (χ1) is 8.11. The Balaban J connectivity index is 3.00. The lowest BCUT2D eigenvalue weighted by Gasteiger charge is -2.20. The number of benzene rings is 1. The zero-order valence-electron chi connectivity index (χ0n) is 9.20. The topological polar surface area (TPSA) is 40.5 Å². The van der Waals surface area contributed by atoms with Crippen LogP contribution in [0.25, 0.3) is 0 Å². The molecule has 1 amide bonds. The normalized spacial score (nSPS) is 10.1. The first-order valence-corrected chi connectivity index (χ1v) is 5.44. The van der Waals surface area contributed by atoms with Crippen molar-refractivity contribution in [1.82, 2.24) is 4.90 Å². The van der Waals surface area contributed by atoms with Crippen LogP contribution in [0.4, 0.5) is 4.39 Å². The Bertz CT molecular complexity index is 423. The number of hydrogen-bond acceptors (Lipinski definition) is 2. The minimum Gasteiger partial charge on any atom is -0.395 e. The molecule has 1 aromatic carbocycles. The molecule has 0 aromatic heterocycles. The van der Waals surface area contributed by atoms with Gasteiger partial charge >= 0.3 is 0 Å². The largest absolute Gasteiger partial charge is 0.395 e. The van der Waals surface area contributed by atoms with Gasteiger partial charge in [-0.15, -0.1) is 6.58 Å². The van der Waals surface area contributed by atoms with E-state index >= 15 is 0 Å². The van der Waals surface area contributed by atoms with Gasteiger partial charge in [0.05, 0.1) is 17.2 Å². The van der Waals surface area contributed by atoms with Crippen LogP contribution in [0.15, 0.2) is 30.9 Å². The molecule has 1 rings (SSSR count).